The van der Waals surface area contributed by atoms with Crippen molar-refractivity contribution in [3.63, 3.8) is 0 Å². The van der Waals surface area contributed by atoms with Gasteiger partial charge >= 0.3 is 0 Å². The Morgan fingerprint density at radius 1 is 1.29 bits per heavy atom. The van der Waals surface area contributed by atoms with Crippen molar-refractivity contribution in [2.75, 3.05) is 27.2 Å². The van der Waals surface area contributed by atoms with Crippen LogP contribution in [0.3, 0.4) is 0 Å². The molecule has 17 heavy (non-hydrogen) atoms. The van der Waals surface area contributed by atoms with Gasteiger partial charge in [0.05, 0.1) is 12.2 Å². The third kappa shape index (κ3) is 5.84. The van der Waals surface area contributed by atoms with Crippen LogP contribution < -0.4 is 5.32 Å². The molecule has 1 N–H and O–H groups in total. The fraction of sp³-hybridized carbons (Fsp3) is 1.00. The van der Waals surface area contributed by atoms with Crippen molar-refractivity contribution in [3.8, 4) is 0 Å². The molecule has 102 valence electrons. The maximum atomic E-state index is 5.81. The average Bonchev–Trinajstić information content (AvgIpc) is 2.62. The fourth-order valence-corrected chi connectivity index (χ4v) is 2.47. The normalized spacial score (nSPS) is 27.0. The Morgan fingerprint density at radius 3 is 2.47 bits per heavy atom. The topological polar surface area (TPSA) is 24.5 Å². The van der Waals surface area contributed by atoms with E-state index >= 15 is 0 Å². The molecule has 1 aliphatic rings. The lowest BCUT2D eigenvalue weighted by atomic mass is 10.0. The van der Waals surface area contributed by atoms with Crippen LogP contribution in [0.4, 0.5) is 0 Å². The molecule has 3 atom stereocenters. The SMILES string of the molecule is CC(C)CC(CNCC1CCC(C)O1)N(C)C. The molecule has 1 heterocycles. The minimum Gasteiger partial charge on any atom is -0.374 e. The zero-order chi connectivity index (χ0) is 12.8. The van der Waals surface area contributed by atoms with E-state index in [0.29, 0.717) is 18.2 Å². The lowest BCUT2D eigenvalue weighted by Gasteiger charge is -2.27. The first kappa shape index (κ1) is 14.9. The number of hydrogen-bond donors (Lipinski definition) is 1. The predicted molar refractivity (Wildman–Crippen MR) is 73.4 cm³/mol. The maximum absolute atomic E-state index is 5.81. The highest BCUT2D eigenvalue weighted by Gasteiger charge is 2.21. The fourth-order valence-electron chi connectivity index (χ4n) is 2.47. The van der Waals surface area contributed by atoms with Gasteiger partial charge in [-0.05, 0) is 46.2 Å². The van der Waals surface area contributed by atoms with E-state index in [9.17, 15) is 0 Å². The van der Waals surface area contributed by atoms with Gasteiger partial charge in [-0.3, -0.25) is 0 Å². The van der Waals surface area contributed by atoms with Crippen molar-refractivity contribution in [1.29, 1.82) is 0 Å². The van der Waals surface area contributed by atoms with Crippen molar-refractivity contribution >= 4 is 0 Å². The van der Waals surface area contributed by atoms with Gasteiger partial charge in [0.25, 0.3) is 0 Å². The lowest BCUT2D eigenvalue weighted by Crippen LogP contribution is -2.41. The van der Waals surface area contributed by atoms with Crippen molar-refractivity contribution in [2.24, 2.45) is 5.92 Å². The molecule has 3 unspecified atom stereocenters. The monoisotopic (exact) mass is 242 g/mol. The van der Waals surface area contributed by atoms with E-state index in [2.05, 4.69) is 45.1 Å². The Balaban J connectivity index is 2.18. The van der Waals surface area contributed by atoms with E-state index in [1.165, 1.54) is 19.3 Å². The maximum Gasteiger partial charge on any atom is 0.0704 e. The van der Waals surface area contributed by atoms with Gasteiger partial charge in [-0.15, -0.1) is 0 Å². The Bertz CT molecular complexity index is 206. The van der Waals surface area contributed by atoms with Gasteiger partial charge in [-0.1, -0.05) is 13.8 Å². The van der Waals surface area contributed by atoms with Gasteiger partial charge < -0.3 is 15.0 Å². The van der Waals surface area contributed by atoms with Gasteiger partial charge in [-0.25, -0.2) is 0 Å². The second-order valence-corrected chi connectivity index (χ2v) is 6.05. The molecule has 3 nitrogen and oxygen atoms in total. The van der Waals surface area contributed by atoms with E-state index in [4.69, 9.17) is 4.74 Å². The molecular weight excluding hydrogens is 212 g/mol. The van der Waals surface area contributed by atoms with Crippen LogP contribution in [0.1, 0.15) is 40.0 Å². The number of hydrogen-bond acceptors (Lipinski definition) is 3. The van der Waals surface area contributed by atoms with E-state index in [0.717, 1.165) is 19.0 Å². The molecule has 3 heteroatoms. The molecule has 0 aromatic carbocycles. The molecule has 0 aromatic rings. The zero-order valence-electron chi connectivity index (χ0n) is 12.2. The Kier molecular flexibility index (Phi) is 6.45. The minimum atomic E-state index is 0.437. The van der Waals surface area contributed by atoms with E-state index < -0.39 is 0 Å². The largest absolute Gasteiger partial charge is 0.374 e. The molecule has 1 fully saturated rings. The van der Waals surface area contributed by atoms with Crippen LogP contribution in [0.5, 0.6) is 0 Å². The van der Waals surface area contributed by atoms with Crippen molar-refractivity contribution < 1.29 is 4.74 Å². The quantitative estimate of drug-likeness (QED) is 0.740. The second-order valence-electron chi connectivity index (χ2n) is 6.05. The molecule has 0 aliphatic carbocycles. The van der Waals surface area contributed by atoms with E-state index in [1.807, 2.05) is 0 Å². The molecule has 1 rings (SSSR count). The molecule has 1 saturated heterocycles. The van der Waals surface area contributed by atoms with Crippen LogP contribution in [-0.2, 0) is 4.74 Å². The Hall–Kier alpha value is -0.120. The number of ether oxygens (including phenoxy) is 1. The van der Waals surface area contributed by atoms with Gasteiger partial charge in [0.15, 0.2) is 0 Å². The number of rotatable bonds is 7. The lowest BCUT2D eigenvalue weighted by molar-refractivity contribution is 0.0549. The summed E-state index contributed by atoms with van der Waals surface area (Å²) in [5.41, 5.74) is 0. The van der Waals surface area contributed by atoms with Crippen LogP contribution in [-0.4, -0.2) is 50.3 Å². The molecule has 1 aliphatic heterocycles. The van der Waals surface area contributed by atoms with Crippen LogP contribution >= 0.6 is 0 Å². The first-order chi connectivity index (χ1) is 7.99. The molecule has 0 amide bonds. The Morgan fingerprint density at radius 2 is 2.00 bits per heavy atom. The summed E-state index contributed by atoms with van der Waals surface area (Å²) in [6.45, 7) is 8.82. The van der Waals surface area contributed by atoms with Gasteiger partial charge in [0.2, 0.25) is 0 Å². The summed E-state index contributed by atoms with van der Waals surface area (Å²) >= 11 is 0. The molecule has 0 radical (unpaired) electrons. The zero-order valence-corrected chi connectivity index (χ0v) is 12.2. The average molecular weight is 242 g/mol. The van der Waals surface area contributed by atoms with Crippen LogP contribution in [0.15, 0.2) is 0 Å². The van der Waals surface area contributed by atoms with Gasteiger partial charge in [0.1, 0.15) is 0 Å². The first-order valence-electron chi connectivity index (χ1n) is 7.01. The summed E-state index contributed by atoms with van der Waals surface area (Å²) in [4.78, 5) is 2.32. The summed E-state index contributed by atoms with van der Waals surface area (Å²) in [6.07, 6.45) is 4.58. The van der Waals surface area contributed by atoms with Gasteiger partial charge in [-0.2, -0.15) is 0 Å². The highest BCUT2D eigenvalue weighted by atomic mass is 16.5. The molecule has 0 bridgehead atoms. The third-order valence-corrected chi connectivity index (χ3v) is 3.55. The summed E-state index contributed by atoms with van der Waals surface area (Å²) in [6, 6.07) is 0.633. The number of nitrogens with zero attached hydrogens (tertiary/aromatic N) is 1. The van der Waals surface area contributed by atoms with E-state index in [-0.39, 0.29) is 0 Å². The van der Waals surface area contributed by atoms with Gasteiger partial charge in [0, 0.05) is 19.1 Å². The van der Waals surface area contributed by atoms with Crippen molar-refractivity contribution in [2.45, 2.75) is 58.3 Å². The second kappa shape index (κ2) is 7.34. The third-order valence-electron chi connectivity index (χ3n) is 3.55. The Labute approximate surface area is 107 Å². The summed E-state index contributed by atoms with van der Waals surface area (Å²) in [5.74, 6) is 0.756. The number of likely N-dealkylation sites (N-methyl/N-ethyl adjacent to an activating group) is 1. The van der Waals surface area contributed by atoms with E-state index in [1.54, 1.807) is 0 Å². The highest BCUT2D eigenvalue weighted by Crippen LogP contribution is 2.18. The molecule has 0 spiro atoms. The molecule has 0 saturated carbocycles. The van der Waals surface area contributed by atoms with Crippen molar-refractivity contribution in [1.82, 2.24) is 10.2 Å². The molecule has 0 aromatic heterocycles. The minimum absolute atomic E-state index is 0.437. The number of nitrogens with one attached hydrogen (secondary N) is 1. The van der Waals surface area contributed by atoms with Crippen molar-refractivity contribution in [3.05, 3.63) is 0 Å². The highest BCUT2D eigenvalue weighted by molar-refractivity contribution is 4.76. The van der Waals surface area contributed by atoms with Crippen LogP contribution in [0.25, 0.3) is 0 Å². The summed E-state index contributed by atoms with van der Waals surface area (Å²) in [7, 11) is 4.34. The standard InChI is InChI=1S/C14H30N2O/c1-11(2)8-13(16(4)5)9-15-10-14-7-6-12(3)17-14/h11-15H,6-10H2,1-5H3. The van der Waals surface area contributed by atoms with Crippen LogP contribution in [0, 0.1) is 5.92 Å². The summed E-state index contributed by atoms with van der Waals surface area (Å²) in [5, 5.41) is 3.57. The smallest absolute Gasteiger partial charge is 0.0704 e. The predicted octanol–water partition coefficient (Wildman–Crippen LogP) is 2.12. The first-order valence-corrected chi connectivity index (χ1v) is 7.01. The summed E-state index contributed by atoms with van der Waals surface area (Å²) < 4.78 is 5.81. The molecular formula is C14H30N2O. The van der Waals surface area contributed by atoms with Crippen LogP contribution in [0.2, 0.25) is 0 Å².